The van der Waals surface area contributed by atoms with Gasteiger partial charge in [-0.3, -0.25) is 4.79 Å². The van der Waals surface area contributed by atoms with Gasteiger partial charge in [0.1, 0.15) is 0 Å². The number of benzene rings is 1. The molecule has 0 bridgehead atoms. The third-order valence-electron chi connectivity index (χ3n) is 4.75. The summed E-state index contributed by atoms with van der Waals surface area (Å²) >= 11 is 1.69. The molecule has 1 saturated carbocycles. The summed E-state index contributed by atoms with van der Waals surface area (Å²) in [7, 11) is 0. The first-order valence-electron chi connectivity index (χ1n) is 8.61. The van der Waals surface area contributed by atoms with E-state index in [2.05, 4.69) is 28.6 Å². The second kappa shape index (κ2) is 6.97. The van der Waals surface area contributed by atoms with Crippen molar-refractivity contribution >= 4 is 17.7 Å². The van der Waals surface area contributed by atoms with Crippen molar-refractivity contribution in [3.63, 3.8) is 0 Å². The normalized spacial score (nSPS) is 20.5. The number of amides is 1. The summed E-state index contributed by atoms with van der Waals surface area (Å²) in [6, 6.07) is 10.6. The van der Waals surface area contributed by atoms with Crippen LogP contribution in [0.1, 0.15) is 42.5 Å². The SMILES string of the molecule is O=C(CSCc1ccccc1)N1CC[C@H](n2cc(C3CC3)nn2)C1. The Morgan fingerprint density at radius 2 is 2.04 bits per heavy atom. The molecule has 2 fully saturated rings. The third-order valence-corrected chi connectivity index (χ3v) is 5.74. The Morgan fingerprint density at radius 3 is 2.83 bits per heavy atom. The minimum absolute atomic E-state index is 0.237. The summed E-state index contributed by atoms with van der Waals surface area (Å²) in [4.78, 5) is 14.4. The van der Waals surface area contributed by atoms with Gasteiger partial charge in [0.2, 0.25) is 5.91 Å². The highest BCUT2D eigenvalue weighted by atomic mass is 32.2. The standard InChI is InChI=1S/C18H22N4OS/c23-18(13-24-12-14-4-2-1-3-5-14)21-9-8-16(10-21)22-11-17(19-20-22)15-6-7-15/h1-5,11,15-16H,6-10,12-13H2/t16-/m0/s1. The fraction of sp³-hybridized carbons (Fsp3) is 0.500. The van der Waals surface area contributed by atoms with Crippen LogP contribution in [0.5, 0.6) is 0 Å². The molecule has 24 heavy (non-hydrogen) atoms. The number of hydrogen-bond donors (Lipinski definition) is 0. The molecule has 2 aliphatic rings. The molecule has 1 saturated heterocycles. The molecule has 5 nitrogen and oxygen atoms in total. The summed E-state index contributed by atoms with van der Waals surface area (Å²) in [5.41, 5.74) is 2.39. The number of carbonyl (C=O) groups is 1. The van der Waals surface area contributed by atoms with E-state index in [9.17, 15) is 4.79 Å². The molecule has 4 rings (SSSR count). The van der Waals surface area contributed by atoms with Crippen LogP contribution in [-0.4, -0.2) is 44.6 Å². The Kier molecular flexibility index (Phi) is 4.56. The summed E-state index contributed by atoms with van der Waals surface area (Å²) in [5.74, 6) is 2.30. The molecule has 1 aromatic carbocycles. The van der Waals surface area contributed by atoms with E-state index in [1.54, 1.807) is 11.8 Å². The Bertz CT molecular complexity index is 698. The number of thioether (sulfide) groups is 1. The van der Waals surface area contributed by atoms with Crippen molar-refractivity contribution in [1.82, 2.24) is 19.9 Å². The maximum Gasteiger partial charge on any atom is 0.232 e. The number of aromatic nitrogens is 3. The number of nitrogens with zero attached hydrogens (tertiary/aromatic N) is 4. The third kappa shape index (κ3) is 3.64. The molecule has 0 N–H and O–H groups in total. The Morgan fingerprint density at radius 1 is 1.21 bits per heavy atom. The van der Waals surface area contributed by atoms with Gasteiger partial charge in [0.05, 0.1) is 17.5 Å². The summed E-state index contributed by atoms with van der Waals surface area (Å²) < 4.78 is 1.97. The molecule has 1 aromatic heterocycles. The molecule has 2 heterocycles. The highest BCUT2D eigenvalue weighted by molar-refractivity contribution is 7.99. The zero-order valence-electron chi connectivity index (χ0n) is 13.7. The highest BCUT2D eigenvalue weighted by Crippen LogP contribution is 2.39. The van der Waals surface area contributed by atoms with Gasteiger partial charge in [-0.25, -0.2) is 4.68 Å². The first-order chi connectivity index (χ1) is 11.8. The molecule has 1 atom stereocenters. The molecule has 6 heteroatoms. The Hall–Kier alpha value is -1.82. The topological polar surface area (TPSA) is 51.0 Å². The quantitative estimate of drug-likeness (QED) is 0.810. The zero-order valence-corrected chi connectivity index (χ0v) is 14.5. The van der Waals surface area contributed by atoms with Crippen LogP contribution in [0.4, 0.5) is 0 Å². The van der Waals surface area contributed by atoms with Crippen molar-refractivity contribution in [1.29, 1.82) is 0 Å². The van der Waals surface area contributed by atoms with Gasteiger partial charge in [-0.15, -0.1) is 16.9 Å². The van der Waals surface area contributed by atoms with Crippen LogP contribution >= 0.6 is 11.8 Å². The van der Waals surface area contributed by atoms with Gasteiger partial charge in [-0.2, -0.15) is 0 Å². The monoisotopic (exact) mass is 342 g/mol. The summed E-state index contributed by atoms with van der Waals surface area (Å²) in [5, 5.41) is 8.56. The molecular weight excluding hydrogens is 320 g/mol. The van der Waals surface area contributed by atoms with Gasteiger partial charge in [0.15, 0.2) is 0 Å². The van der Waals surface area contributed by atoms with E-state index in [4.69, 9.17) is 0 Å². The molecule has 1 aliphatic carbocycles. The number of likely N-dealkylation sites (tertiary alicyclic amines) is 1. The average Bonchev–Trinajstić information content (AvgIpc) is 3.13. The van der Waals surface area contributed by atoms with E-state index in [1.165, 1.54) is 18.4 Å². The first-order valence-corrected chi connectivity index (χ1v) is 9.76. The predicted molar refractivity (Wildman–Crippen MR) is 94.8 cm³/mol. The van der Waals surface area contributed by atoms with Crippen LogP contribution in [0.3, 0.4) is 0 Å². The average molecular weight is 342 g/mol. The van der Waals surface area contributed by atoms with Crippen LogP contribution < -0.4 is 0 Å². The molecule has 0 unspecified atom stereocenters. The minimum atomic E-state index is 0.237. The van der Waals surface area contributed by atoms with Gasteiger partial charge in [-0.1, -0.05) is 35.5 Å². The molecule has 1 aliphatic heterocycles. The van der Waals surface area contributed by atoms with E-state index in [0.29, 0.717) is 11.7 Å². The first kappa shape index (κ1) is 15.7. The zero-order chi connectivity index (χ0) is 16.4. The summed E-state index contributed by atoms with van der Waals surface area (Å²) in [6.07, 6.45) is 5.54. The Labute approximate surface area is 146 Å². The fourth-order valence-corrected chi connectivity index (χ4v) is 4.03. The van der Waals surface area contributed by atoms with Crippen molar-refractivity contribution in [2.24, 2.45) is 0 Å². The van der Waals surface area contributed by atoms with Crippen LogP contribution in [0.15, 0.2) is 36.5 Å². The fourth-order valence-electron chi connectivity index (χ4n) is 3.14. The lowest BCUT2D eigenvalue weighted by molar-refractivity contribution is -0.127. The smallest absolute Gasteiger partial charge is 0.232 e. The van der Waals surface area contributed by atoms with Crippen molar-refractivity contribution in [2.45, 2.75) is 37.0 Å². The molecule has 0 spiro atoms. The molecule has 1 amide bonds. The van der Waals surface area contributed by atoms with Gasteiger partial charge in [0.25, 0.3) is 0 Å². The van der Waals surface area contributed by atoms with Gasteiger partial charge in [0, 0.05) is 31.0 Å². The van der Waals surface area contributed by atoms with E-state index >= 15 is 0 Å². The van der Waals surface area contributed by atoms with E-state index in [0.717, 1.165) is 31.0 Å². The van der Waals surface area contributed by atoms with Gasteiger partial charge >= 0.3 is 0 Å². The molecule has 0 radical (unpaired) electrons. The van der Waals surface area contributed by atoms with E-state index in [1.807, 2.05) is 27.8 Å². The number of carbonyl (C=O) groups excluding carboxylic acids is 1. The lowest BCUT2D eigenvalue weighted by Gasteiger charge is -2.16. The number of hydrogen-bond acceptors (Lipinski definition) is 4. The maximum absolute atomic E-state index is 12.4. The van der Waals surface area contributed by atoms with Crippen LogP contribution in [0, 0.1) is 0 Å². The van der Waals surface area contributed by atoms with Crippen LogP contribution in [0.2, 0.25) is 0 Å². The van der Waals surface area contributed by atoms with E-state index < -0.39 is 0 Å². The second-order valence-corrected chi connectivity index (χ2v) is 7.64. The van der Waals surface area contributed by atoms with Crippen molar-refractivity contribution in [2.75, 3.05) is 18.8 Å². The van der Waals surface area contributed by atoms with Gasteiger partial charge < -0.3 is 4.90 Å². The minimum Gasteiger partial charge on any atom is -0.340 e. The predicted octanol–water partition coefficient (Wildman–Crippen LogP) is 2.86. The molecular formula is C18H22N4OS. The lowest BCUT2D eigenvalue weighted by Crippen LogP contribution is -2.30. The maximum atomic E-state index is 12.4. The van der Waals surface area contributed by atoms with Crippen LogP contribution in [0.25, 0.3) is 0 Å². The second-order valence-electron chi connectivity index (χ2n) is 6.66. The Balaban J connectivity index is 1.25. The highest BCUT2D eigenvalue weighted by Gasteiger charge is 2.31. The van der Waals surface area contributed by atoms with Crippen LogP contribution in [-0.2, 0) is 10.5 Å². The van der Waals surface area contributed by atoms with E-state index in [-0.39, 0.29) is 11.9 Å². The van der Waals surface area contributed by atoms with Gasteiger partial charge in [-0.05, 0) is 24.8 Å². The number of rotatable bonds is 6. The molecule has 126 valence electrons. The van der Waals surface area contributed by atoms with Crippen molar-refractivity contribution < 1.29 is 4.79 Å². The molecule has 2 aromatic rings. The summed E-state index contributed by atoms with van der Waals surface area (Å²) in [6.45, 7) is 1.59. The van der Waals surface area contributed by atoms with Crippen molar-refractivity contribution in [3.8, 4) is 0 Å². The van der Waals surface area contributed by atoms with Crippen molar-refractivity contribution in [3.05, 3.63) is 47.8 Å². The largest absolute Gasteiger partial charge is 0.340 e. The lowest BCUT2D eigenvalue weighted by atomic mass is 10.2.